The average Bonchev–Trinajstić information content (AvgIpc) is 2.29. The van der Waals surface area contributed by atoms with Crippen LogP contribution in [0.5, 0.6) is 0 Å². The predicted molar refractivity (Wildman–Crippen MR) is 74.1 cm³/mol. The standard InChI is InChI=1S/C14H20BrNO/c1-9(2)13-8-16-10(3)14(17-13)11-5-4-6-12(15)7-11/h4-7,9-10,13-14,16H,8H2,1-3H3. The molecule has 1 N–H and O–H groups in total. The first-order valence-electron chi connectivity index (χ1n) is 6.22. The molecule has 1 aliphatic rings. The Bertz CT molecular complexity index is 380. The number of halogens is 1. The number of benzene rings is 1. The fourth-order valence-corrected chi connectivity index (χ4v) is 2.62. The maximum atomic E-state index is 6.22. The molecule has 0 aliphatic carbocycles. The number of ether oxygens (including phenoxy) is 1. The van der Waals surface area contributed by atoms with Crippen LogP contribution in [0.2, 0.25) is 0 Å². The molecule has 1 fully saturated rings. The molecule has 0 aromatic heterocycles. The van der Waals surface area contributed by atoms with Crippen LogP contribution in [0.1, 0.15) is 32.4 Å². The van der Waals surface area contributed by atoms with E-state index in [0.717, 1.165) is 11.0 Å². The lowest BCUT2D eigenvalue weighted by Crippen LogP contribution is -2.48. The van der Waals surface area contributed by atoms with Crippen LogP contribution in [0.25, 0.3) is 0 Å². The maximum Gasteiger partial charge on any atom is 0.0980 e. The zero-order valence-corrected chi connectivity index (χ0v) is 12.2. The number of hydrogen-bond donors (Lipinski definition) is 1. The summed E-state index contributed by atoms with van der Waals surface area (Å²) in [6.45, 7) is 7.55. The molecule has 1 heterocycles. The predicted octanol–water partition coefficient (Wildman–Crippen LogP) is 3.52. The normalized spacial score (nSPS) is 29.6. The second-order valence-corrected chi connectivity index (χ2v) is 6.01. The molecule has 1 aliphatic heterocycles. The Labute approximate surface area is 112 Å². The molecule has 1 aromatic rings. The van der Waals surface area contributed by atoms with Crippen LogP contribution in [0.15, 0.2) is 28.7 Å². The van der Waals surface area contributed by atoms with Gasteiger partial charge in [0.2, 0.25) is 0 Å². The number of nitrogens with one attached hydrogen (secondary N) is 1. The van der Waals surface area contributed by atoms with Gasteiger partial charge in [-0.3, -0.25) is 0 Å². The average molecular weight is 298 g/mol. The van der Waals surface area contributed by atoms with Gasteiger partial charge in [-0.25, -0.2) is 0 Å². The van der Waals surface area contributed by atoms with E-state index in [1.807, 2.05) is 6.07 Å². The summed E-state index contributed by atoms with van der Waals surface area (Å²) >= 11 is 3.52. The Morgan fingerprint density at radius 3 is 2.82 bits per heavy atom. The summed E-state index contributed by atoms with van der Waals surface area (Å²) in [6.07, 6.45) is 0.448. The monoisotopic (exact) mass is 297 g/mol. The first-order chi connectivity index (χ1) is 8.08. The van der Waals surface area contributed by atoms with E-state index in [1.54, 1.807) is 0 Å². The van der Waals surface area contributed by atoms with Gasteiger partial charge in [-0.2, -0.15) is 0 Å². The lowest BCUT2D eigenvalue weighted by atomic mass is 9.98. The highest BCUT2D eigenvalue weighted by atomic mass is 79.9. The summed E-state index contributed by atoms with van der Waals surface area (Å²) in [6, 6.07) is 8.75. The van der Waals surface area contributed by atoms with E-state index >= 15 is 0 Å². The van der Waals surface area contributed by atoms with Crippen LogP contribution < -0.4 is 5.32 Å². The smallest absolute Gasteiger partial charge is 0.0980 e. The first kappa shape index (κ1) is 13.1. The van der Waals surface area contributed by atoms with E-state index in [2.05, 4.69) is 60.2 Å². The molecule has 0 amide bonds. The zero-order chi connectivity index (χ0) is 12.4. The van der Waals surface area contributed by atoms with Gasteiger partial charge in [0.05, 0.1) is 12.2 Å². The second kappa shape index (κ2) is 5.51. The summed E-state index contributed by atoms with van der Waals surface area (Å²) in [4.78, 5) is 0. The molecule has 2 nitrogen and oxygen atoms in total. The third-order valence-electron chi connectivity index (χ3n) is 3.34. The molecular formula is C14H20BrNO. The van der Waals surface area contributed by atoms with E-state index < -0.39 is 0 Å². The third-order valence-corrected chi connectivity index (χ3v) is 3.83. The van der Waals surface area contributed by atoms with Gasteiger partial charge >= 0.3 is 0 Å². The molecular weight excluding hydrogens is 278 g/mol. The van der Waals surface area contributed by atoms with Gasteiger partial charge in [-0.05, 0) is 30.5 Å². The summed E-state index contributed by atoms with van der Waals surface area (Å²) in [7, 11) is 0. The Balaban J connectivity index is 2.18. The number of morpholine rings is 1. The third kappa shape index (κ3) is 3.09. The van der Waals surface area contributed by atoms with Crippen molar-refractivity contribution >= 4 is 15.9 Å². The van der Waals surface area contributed by atoms with E-state index in [1.165, 1.54) is 5.56 Å². The molecule has 0 bridgehead atoms. The largest absolute Gasteiger partial charge is 0.367 e. The van der Waals surface area contributed by atoms with E-state index in [0.29, 0.717) is 18.1 Å². The van der Waals surface area contributed by atoms with Crippen molar-refractivity contribution in [2.75, 3.05) is 6.54 Å². The topological polar surface area (TPSA) is 21.3 Å². The molecule has 3 unspecified atom stereocenters. The number of rotatable bonds is 2. The van der Waals surface area contributed by atoms with Gasteiger partial charge in [0.15, 0.2) is 0 Å². The molecule has 0 radical (unpaired) electrons. The van der Waals surface area contributed by atoms with Crippen molar-refractivity contribution in [3.63, 3.8) is 0 Å². The van der Waals surface area contributed by atoms with E-state index in [4.69, 9.17) is 4.74 Å². The Hall–Kier alpha value is -0.380. The fourth-order valence-electron chi connectivity index (χ4n) is 2.21. The Morgan fingerprint density at radius 1 is 1.41 bits per heavy atom. The van der Waals surface area contributed by atoms with Crippen LogP contribution in [0.3, 0.4) is 0 Å². The van der Waals surface area contributed by atoms with Gasteiger partial charge in [-0.1, -0.05) is 41.9 Å². The van der Waals surface area contributed by atoms with Crippen molar-refractivity contribution in [2.45, 2.75) is 39.0 Å². The highest BCUT2D eigenvalue weighted by molar-refractivity contribution is 9.10. The Morgan fingerprint density at radius 2 is 2.18 bits per heavy atom. The molecule has 17 heavy (non-hydrogen) atoms. The molecule has 2 rings (SSSR count). The van der Waals surface area contributed by atoms with Crippen LogP contribution in [-0.4, -0.2) is 18.7 Å². The minimum atomic E-state index is 0.147. The second-order valence-electron chi connectivity index (χ2n) is 5.09. The van der Waals surface area contributed by atoms with Crippen molar-refractivity contribution in [3.05, 3.63) is 34.3 Å². The molecule has 0 saturated carbocycles. The van der Waals surface area contributed by atoms with Gasteiger partial charge in [0, 0.05) is 17.1 Å². The summed E-state index contributed by atoms with van der Waals surface area (Å²) < 4.78 is 7.33. The highest BCUT2D eigenvalue weighted by Crippen LogP contribution is 2.29. The lowest BCUT2D eigenvalue weighted by Gasteiger charge is -2.38. The molecule has 1 saturated heterocycles. The molecule has 3 heteroatoms. The van der Waals surface area contributed by atoms with Gasteiger partial charge in [-0.15, -0.1) is 0 Å². The lowest BCUT2D eigenvalue weighted by molar-refractivity contribution is -0.0806. The van der Waals surface area contributed by atoms with Gasteiger partial charge in [0.25, 0.3) is 0 Å². The molecule has 1 aromatic carbocycles. The van der Waals surface area contributed by atoms with Gasteiger partial charge < -0.3 is 10.1 Å². The van der Waals surface area contributed by atoms with Crippen LogP contribution in [-0.2, 0) is 4.74 Å². The number of hydrogen-bond acceptors (Lipinski definition) is 2. The zero-order valence-electron chi connectivity index (χ0n) is 10.6. The molecule has 94 valence electrons. The van der Waals surface area contributed by atoms with Crippen LogP contribution in [0, 0.1) is 5.92 Å². The summed E-state index contributed by atoms with van der Waals surface area (Å²) in [5.74, 6) is 0.546. The van der Waals surface area contributed by atoms with Gasteiger partial charge in [0.1, 0.15) is 0 Å². The highest BCUT2D eigenvalue weighted by Gasteiger charge is 2.30. The van der Waals surface area contributed by atoms with Crippen molar-refractivity contribution in [3.8, 4) is 0 Å². The molecule has 0 spiro atoms. The first-order valence-corrected chi connectivity index (χ1v) is 7.01. The summed E-state index contributed by atoms with van der Waals surface area (Å²) in [5, 5.41) is 3.54. The fraction of sp³-hybridized carbons (Fsp3) is 0.571. The minimum absolute atomic E-state index is 0.147. The minimum Gasteiger partial charge on any atom is -0.367 e. The van der Waals surface area contributed by atoms with Crippen molar-refractivity contribution in [1.29, 1.82) is 0 Å². The van der Waals surface area contributed by atoms with E-state index in [9.17, 15) is 0 Å². The maximum absolute atomic E-state index is 6.22. The van der Waals surface area contributed by atoms with Crippen molar-refractivity contribution in [1.82, 2.24) is 5.32 Å². The van der Waals surface area contributed by atoms with Crippen molar-refractivity contribution in [2.24, 2.45) is 5.92 Å². The van der Waals surface area contributed by atoms with E-state index in [-0.39, 0.29) is 6.10 Å². The van der Waals surface area contributed by atoms with Crippen molar-refractivity contribution < 1.29 is 4.74 Å². The quantitative estimate of drug-likeness (QED) is 0.902. The van der Waals surface area contributed by atoms with Crippen LogP contribution >= 0.6 is 15.9 Å². The summed E-state index contributed by atoms with van der Waals surface area (Å²) in [5.41, 5.74) is 1.24. The SMILES string of the molecule is CC(C)C1CNC(C)C(c2cccc(Br)c2)O1. The molecule has 3 atom stereocenters. The Kier molecular flexibility index (Phi) is 4.23. The van der Waals surface area contributed by atoms with Crippen LogP contribution in [0.4, 0.5) is 0 Å².